The molecule has 1 aliphatic rings. The summed E-state index contributed by atoms with van der Waals surface area (Å²) in [5, 5.41) is 2.45. The minimum atomic E-state index is 0.957. The summed E-state index contributed by atoms with van der Waals surface area (Å²) in [5.74, 6) is 0. The second-order valence-electron chi connectivity index (χ2n) is 14.2. The summed E-state index contributed by atoms with van der Waals surface area (Å²) in [5.41, 5.74) is 16.4. The molecule has 3 nitrogen and oxygen atoms in total. The zero-order chi connectivity index (χ0) is 37.4. The number of rotatable bonds is 6. The zero-order valence-electron chi connectivity index (χ0n) is 30.8. The monoisotopic (exact) mass is 715 g/mol. The number of allylic oxidation sites excluding steroid dienone is 4. The van der Waals surface area contributed by atoms with E-state index in [0.29, 0.717) is 0 Å². The summed E-state index contributed by atoms with van der Waals surface area (Å²) in [6, 6.07) is 67.0. The largest absolute Gasteiger partial charge is 0.317 e. The van der Waals surface area contributed by atoms with Crippen LogP contribution in [0.25, 0.3) is 77.8 Å². The molecule has 0 N–H and O–H groups in total. The van der Waals surface area contributed by atoms with Crippen molar-refractivity contribution in [1.29, 1.82) is 0 Å². The van der Waals surface area contributed by atoms with Crippen molar-refractivity contribution in [2.45, 2.75) is 0 Å². The van der Waals surface area contributed by atoms with Gasteiger partial charge < -0.3 is 9.47 Å². The molecule has 2 aromatic heterocycles. The number of hydrogen-bond acceptors (Lipinski definition) is 2. The van der Waals surface area contributed by atoms with Crippen molar-refractivity contribution in [3.05, 3.63) is 225 Å². The Kier molecular flexibility index (Phi) is 8.31. The average molecular weight is 716 g/mol. The van der Waals surface area contributed by atoms with Crippen LogP contribution < -0.4 is 4.90 Å². The lowest BCUT2D eigenvalue weighted by Crippen LogP contribution is -2.11. The van der Waals surface area contributed by atoms with Crippen molar-refractivity contribution in [2.24, 2.45) is 0 Å². The first kappa shape index (κ1) is 33.1. The van der Waals surface area contributed by atoms with Crippen molar-refractivity contribution in [1.82, 2.24) is 9.55 Å². The Morgan fingerprint density at radius 3 is 1.71 bits per heavy atom. The molecule has 0 bridgehead atoms. The van der Waals surface area contributed by atoms with E-state index in [1.165, 1.54) is 16.3 Å². The van der Waals surface area contributed by atoms with E-state index in [9.17, 15) is 0 Å². The summed E-state index contributed by atoms with van der Waals surface area (Å²) >= 11 is 0. The van der Waals surface area contributed by atoms with Crippen molar-refractivity contribution >= 4 is 38.8 Å². The molecular weight excluding hydrogens is 679 g/mol. The number of aromatic nitrogens is 2. The van der Waals surface area contributed by atoms with E-state index < -0.39 is 0 Å². The Balaban J connectivity index is 1.07. The molecule has 0 amide bonds. The summed E-state index contributed by atoms with van der Waals surface area (Å²) in [6.45, 7) is 4.47. The third kappa shape index (κ3) is 6.02. The highest BCUT2D eigenvalue weighted by molar-refractivity contribution is 6.10. The lowest BCUT2D eigenvalue weighted by Gasteiger charge is -2.25. The van der Waals surface area contributed by atoms with Gasteiger partial charge in [0, 0.05) is 45.0 Å². The third-order valence-electron chi connectivity index (χ3n) is 10.7. The van der Waals surface area contributed by atoms with E-state index in [-0.39, 0.29) is 0 Å². The molecule has 0 saturated carbocycles. The number of benzene rings is 7. The van der Waals surface area contributed by atoms with Gasteiger partial charge in [0.05, 0.1) is 28.1 Å². The normalized spacial score (nSPS) is 13.6. The van der Waals surface area contributed by atoms with Gasteiger partial charge in [-0.1, -0.05) is 146 Å². The molecule has 9 aromatic rings. The highest BCUT2D eigenvalue weighted by Gasteiger charge is 2.18. The molecule has 3 heteroatoms. The van der Waals surface area contributed by atoms with E-state index in [0.717, 1.165) is 78.5 Å². The SMILES string of the molecule is C=C1/C=C\C=C/N(c2ccccc2)c2ccc(-c3ccc4c5ccccc5n(-c5ccc(-c6cc(-c7ccccc7)nc(-c7ccccc7)c6)cc5)c4c3)cc21. The smallest absolute Gasteiger partial charge is 0.0715 e. The number of anilines is 2. The maximum atomic E-state index is 5.10. The summed E-state index contributed by atoms with van der Waals surface area (Å²) in [4.78, 5) is 7.33. The Morgan fingerprint density at radius 1 is 0.411 bits per heavy atom. The molecule has 7 aromatic carbocycles. The Bertz CT molecular complexity index is 2900. The van der Waals surface area contributed by atoms with Crippen molar-refractivity contribution < 1.29 is 0 Å². The predicted molar refractivity (Wildman–Crippen MR) is 236 cm³/mol. The van der Waals surface area contributed by atoms with Crippen LogP contribution in [-0.4, -0.2) is 9.55 Å². The van der Waals surface area contributed by atoms with Crippen LogP contribution in [0.15, 0.2) is 219 Å². The van der Waals surface area contributed by atoms with Gasteiger partial charge in [-0.15, -0.1) is 0 Å². The van der Waals surface area contributed by atoms with Gasteiger partial charge in [-0.3, -0.25) is 0 Å². The first-order chi connectivity index (χ1) is 27.7. The van der Waals surface area contributed by atoms with Crippen LogP contribution >= 0.6 is 0 Å². The van der Waals surface area contributed by atoms with Gasteiger partial charge in [-0.2, -0.15) is 0 Å². The van der Waals surface area contributed by atoms with E-state index in [4.69, 9.17) is 4.98 Å². The molecule has 264 valence electrons. The van der Waals surface area contributed by atoms with E-state index in [2.05, 4.69) is 210 Å². The molecule has 0 spiro atoms. The summed E-state index contributed by atoms with van der Waals surface area (Å²) < 4.78 is 2.40. The Morgan fingerprint density at radius 2 is 1.00 bits per heavy atom. The first-order valence-corrected chi connectivity index (χ1v) is 19.0. The third-order valence-corrected chi connectivity index (χ3v) is 10.7. The van der Waals surface area contributed by atoms with E-state index >= 15 is 0 Å². The van der Waals surface area contributed by atoms with Crippen LogP contribution in [0.4, 0.5) is 11.4 Å². The van der Waals surface area contributed by atoms with Gasteiger partial charge in [0.25, 0.3) is 0 Å². The molecule has 1 aliphatic heterocycles. The predicted octanol–water partition coefficient (Wildman–Crippen LogP) is 14.1. The first-order valence-electron chi connectivity index (χ1n) is 19.0. The van der Waals surface area contributed by atoms with Crippen molar-refractivity contribution in [3.8, 4) is 50.5 Å². The number of hydrogen-bond donors (Lipinski definition) is 0. The maximum absolute atomic E-state index is 5.10. The summed E-state index contributed by atoms with van der Waals surface area (Å²) in [6.07, 6.45) is 8.33. The number of para-hydroxylation sites is 2. The molecule has 0 saturated heterocycles. The maximum Gasteiger partial charge on any atom is 0.0715 e. The molecule has 0 atom stereocenters. The fourth-order valence-electron chi connectivity index (χ4n) is 7.92. The molecule has 0 aliphatic carbocycles. The summed E-state index contributed by atoms with van der Waals surface area (Å²) in [7, 11) is 0. The number of fused-ring (bicyclic) bond motifs is 4. The van der Waals surface area contributed by atoms with Crippen LogP contribution in [0.1, 0.15) is 5.56 Å². The molecule has 0 fully saturated rings. The molecular formula is C53H37N3. The van der Waals surface area contributed by atoms with Crippen LogP contribution in [-0.2, 0) is 0 Å². The van der Waals surface area contributed by atoms with Crippen LogP contribution in [0.2, 0.25) is 0 Å². The number of pyridine rings is 1. The van der Waals surface area contributed by atoms with E-state index in [1.54, 1.807) is 0 Å². The van der Waals surface area contributed by atoms with Gasteiger partial charge in [0.2, 0.25) is 0 Å². The fraction of sp³-hybridized carbons (Fsp3) is 0. The fourth-order valence-corrected chi connectivity index (χ4v) is 7.92. The van der Waals surface area contributed by atoms with Gasteiger partial charge in [0.1, 0.15) is 0 Å². The standard InChI is InChI=1S/C53H37N3/c1-37-15-13-14-32-55(44-20-9-4-10-21-44)51-31-27-41(33-48(37)51)42-26-30-47-46-22-11-12-23-52(46)56(53(47)36-42)45-28-24-38(25-29-45)43-34-49(39-16-5-2-6-17-39)54-50(35-43)40-18-7-3-8-19-40/h2-36H,1H2/b15-13-,32-14-. The number of nitrogens with zero attached hydrogens (tertiary/aromatic N) is 3. The van der Waals surface area contributed by atoms with Crippen molar-refractivity contribution in [3.63, 3.8) is 0 Å². The minimum Gasteiger partial charge on any atom is -0.317 e. The lowest BCUT2D eigenvalue weighted by atomic mass is 9.95. The van der Waals surface area contributed by atoms with Gasteiger partial charge >= 0.3 is 0 Å². The molecule has 0 unspecified atom stereocenters. The minimum absolute atomic E-state index is 0.957. The average Bonchev–Trinajstić information content (AvgIpc) is 3.60. The van der Waals surface area contributed by atoms with Crippen LogP contribution in [0.3, 0.4) is 0 Å². The van der Waals surface area contributed by atoms with Crippen LogP contribution in [0, 0.1) is 0 Å². The molecule has 10 rings (SSSR count). The topological polar surface area (TPSA) is 21.1 Å². The Labute approximate surface area is 327 Å². The highest BCUT2D eigenvalue weighted by atomic mass is 15.1. The van der Waals surface area contributed by atoms with Gasteiger partial charge in [-0.05, 0) is 94.6 Å². The lowest BCUT2D eigenvalue weighted by molar-refractivity contribution is 1.18. The van der Waals surface area contributed by atoms with Gasteiger partial charge in [-0.25, -0.2) is 4.98 Å². The molecule has 3 heterocycles. The quantitative estimate of drug-likeness (QED) is 0.171. The highest BCUT2D eigenvalue weighted by Crippen LogP contribution is 2.40. The zero-order valence-corrected chi connectivity index (χ0v) is 30.8. The van der Waals surface area contributed by atoms with Crippen molar-refractivity contribution in [2.75, 3.05) is 4.90 Å². The second-order valence-corrected chi connectivity index (χ2v) is 14.2. The molecule has 0 radical (unpaired) electrons. The van der Waals surface area contributed by atoms with Gasteiger partial charge in [0.15, 0.2) is 0 Å². The second kappa shape index (κ2) is 14.1. The molecule has 56 heavy (non-hydrogen) atoms. The van der Waals surface area contributed by atoms with Crippen LogP contribution in [0.5, 0.6) is 0 Å². The Hall–Kier alpha value is -7.49. The van der Waals surface area contributed by atoms with E-state index in [1.807, 2.05) is 18.2 Å².